The van der Waals surface area contributed by atoms with Crippen LogP contribution in [0, 0.1) is 0 Å². The van der Waals surface area contributed by atoms with Crippen molar-refractivity contribution in [2.45, 2.75) is 258 Å². The lowest BCUT2D eigenvalue weighted by Crippen LogP contribution is -2.30. The van der Waals surface area contributed by atoms with Crippen molar-refractivity contribution in [2.24, 2.45) is 0 Å². The first kappa shape index (κ1) is 54.6. The molecule has 1 unspecified atom stereocenters. The van der Waals surface area contributed by atoms with Gasteiger partial charge >= 0.3 is 17.9 Å². The Kier molecular flexibility index (Phi) is 44.4. The number of rotatable bonds is 44. The van der Waals surface area contributed by atoms with E-state index in [0.717, 1.165) is 83.5 Å². The Morgan fingerprint density at radius 2 is 0.667 bits per heavy atom. The summed E-state index contributed by atoms with van der Waals surface area (Å²) in [5.41, 5.74) is 0. The van der Waals surface area contributed by atoms with Crippen LogP contribution in [-0.2, 0) is 28.6 Å². The van der Waals surface area contributed by atoms with Gasteiger partial charge in [0.25, 0.3) is 0 Å². The van der Waals surface area contributed by atoms with E-state index in [9.17, 15) is 14.4 Å². The summed E-state index contributed by atoms with van der Waals surface area (Å²) >= 11 is 0. The number of esters is 3. The fourth-order valence-corrected chi connectivity index (χ4v) is 6.89. The average Bonchev–Trinajstić information content (AvgIpc) is 3.21. The number of unbranched alkanes of at least 4 members (excludes halogenated alkanes) is 27. The maximum absolute atomic E-state index is 12.7. The van der Waals surface area contributed by atoms with Gasteiger partial charge in [-0.25, -0.2) is 0 Å². The molecule has 0 aromatic rings. The Labute approximate surface area is 353 Å². The summed E-state index contributed by atoms with van der Waals surface area (Å²) in [6.07, 6.45) is 52.7. The minimum Gasteiger partial charge on any atom is -0.462 e. The minimum atomic E-state index is -0.772. The van der Waals surface area contributed by atoms with Crippen LogP contribution in [0.15, 0.2) is 36.5 Å². The summed E-state index contributed by atoms with van der Waals surface area (Å²) in [7, 11) is 0. The normalized spacial score (nSPS) is 12.3. The molecule has 0 heterocycles. The topological polar surface area (TPSA) is 78.9 Å². The first-order valence-corrected chi connectivity index (χ1v) is 24.5. The van der Waals surface area contributed by atoms with Gasteiger partial charge in [-0.05, 0) is 70.6 Å². The van der Waals surface area contributed by atoms with Crippen molar-refractivity contribution in [3.63, 3.8) is 0 Å². The van der Waals surface area contributed by atoms with E-state index in [1.807, 2.05) is 0 Å². The first-order valence-electron chi connectivity index (χ1n) is 24.5. The Balaban J connectivity index is 4.27. The van der Waals surface area contributed by atoms with Crippen LogP contribution in [0.1, 0.15) is 252 Å². The van der Waals surface area contributed by atoms with Crippen LogP contribution in [0.4, 0.5) is 0 Å². The summed E-state index contributed by atoms with van der Waals surface area (Å²) in [5, 5.41) is 0. The fraction of sp³-hybridized carbons (Fsp3) is 0.824. The maximum Gasteiger partial charge on any atom is 0.306 e. The van der Waals surface area contributed by atoms with Crippen LogP contribution in [-0.4, -0.2) is 37.2 Å². The molecule has 0 aromatic heterocycles. The molecule has 0 aliphatic rings. The van der Waals surface area contributed by atoms with Crippen molar-refractivity contribution < 1.29 is 28.6 Å². The Morgan fingerprint density at radius 1 is 0.351 bits per heavy atom. The van der Waals surface area contributed by atoms with Gasteiger partial charge in [0.2, 0.25) is 0 Å². The molecule has 1 atom stereocenters. The second kappa shape index (κ2) is 46.3. The smallest absolute Gasteiger partial charge is 0.306 e. The van der Waals surface area contributed by atoms with E-state index >= 15 is 0 Å². The zero-order valence-corrected chi connectivity index (χ0v) is 37.9. The summed E-state index contributed by atoms with van der Waals surface area (Å²) in [6, 6.07) is 0. The van der Waals surface area contributed by atoms with E-state index in [-0.39, 0.29) is 31.1 Å². The monoisotopic (exact) mass is 801 g/mol. The van der Waals surface area contributed by atoms with E-state index in [1.165, 1.54) is 128 Å². The van der Waals surface area contributed by atoms with Crippen LogP contribution in [0.5, 0.6) is 0 Å². The SMILES string of the molecule is CCC/C=C\CCCCCCCC(=O)OC(COC(=O)CCCCCCCCCCCC)COC(=O)CCCCCCCCCCC/C=C\C/C=C\CCCCC. The standard InChI is InChI=1S/C51H92O6/c1-4-7-10-13-16-19-22-23-24-25-26-27-28-29-30-33-35-38-41-44-50(53)56-47-48(57-51(54)45-42-39-36-32-21-18-15-12-9-6-3)46-55-49(52)43-40-37-34-31-20-17-14-11-8-5-2/h12,15-16,19,23-24,48H,4-11,13-14,17-18,20-22,25-47H2,1-3H3/b15-12-,19-16-,24-23-. The van der Waals surface area contributed by atoms with Crippen LogP contribution < -0.4 is 0 Å². The highest BCUT2D eigenvalue weighted by atomic mass is 16.6. The van der Waals surface area contributed by atoms with Crippen molar-refractivity contribution in [1.82, 2.24) is 0 Å². The molecule has 0 aromatic carbocycles. The molecule has 0 aliphatic heterocycles. The zero-order chi connectivity index (χ0) is 41.5. The maximum atomic E-state index is 12.7. The average molecular weight is 801 g/mol. The minimum absolute atomic E-state index is 0.0747. The van der Waals surface area contributed by atoms with Crippen molar-refractivity contribution >= 4 is 17.9 Å². The van der Waals surface area contributed by atoms with Crippen molar-refractivity contribution in [1.29, 1.82) is 0 Å². The van der Waals surface area contributed by atoms with Gasteiger partial charge < -0.3 is 14.2 Å². The second-order valence-electron chi connectivity index (χ2n) is 16.4. The lowest BCUT2D eigenvalue weighted by Gasteiger charge is -2.18. The van der Waals surface area contributed by atoms with Crippen LogP contribution in [0.25, 0.3) is 0 Å². The molecule has 0 amide bonds. The Bertz CT molecular complexity index is 969. The molecule has 0 saturated carbocycles. The van der Waals surface area contributed by atoms with Gasteiger partial charge in [0, 0.05) is 19.3 Å². The molecule has 0 radical (unpaired) electrons. The van der Waals surface area contributed by atoms with Crippen LogP contribution in [0.2, 0.25) is 0 Å². The van der Waals surface area contributed by atoms with Gasteiger partial charge in [-0.3, -0.25) is 14.4 Å². The largest absolute Gasteiger partial charge is 0.462 e. The van der Waals surface area contributed by atoms with E-state index in [1.54, 1.807) is 0 Å². The predicted molar refractivity (Wildman–Crippen MR) is 242 cm³/mol. The first-order chi connectivity index (χ1) is 28.0. The third-order valence-electron chi connectivity index (χ3n) is 10.6. The fourth-order valence-electron chi connectivity index (χ4n) is 6.89. The summed E-state index contributed by atoms with van der Waals surface area (Å²) in [6.45, 7) is 6.53. The molecule has 6 heteroatoms. The molecule has 0 spiro atoms. The Morgan fingerprint density at radius 3 is 1.09 bits per heavy atom. The third kappa shape index (κ3) is 44.6. The van der Waals surface area contributed by atoms with Crippen molar-refractivity contribution in [3.8, 4) is 0 Å². The second-order valence-corrected chi connectivity index (χ2v) is 16.4. The highest BCUT2D eigenvalue weighted by Crippen LogP contribution is 2.15. The lowest BCUT2D eigenvalue weighted by molar-refractivity contribution is -0.167. The number of allylic oxidation sites excluding steroid dienone is 6. The molecule has 0 rings (SSSR count). The Hall–Kier alpha value is -2.37. The van der Waals surface area contributed by atoms with Gasteiger partial charge in [0.05, 0.1) is 0 Å². The molecule has 332 valence electrons. The van der Waals surface area contributed by atoms with Crippen LogP contribution in [0.3, 0.4) is 0 Å². The number of hydrogen-bond donors (Lipinski definition) is 0. The van der Waals surface area contributed by atoms with Gasteiger partial charge in [0.15, 0.2) is 6.10 Å². The van der Waals surface area contributed by atoms with E-state index in [0.29, 0.717) is 19.3 Å². The summed E-state index contributed by atoms with van der Waals surface area (Å²) < 4.78 is 16.7. The molecule has 0 N–H and O–H groups in total. The third-order valence-corrected chi connectivity index (χ3v) is 10.6. The summed E-state index contributed by atoms with van der Waals surface area (Å²) in [4.78, 5) is 37.7. The number of carbonyl (C=O) groups excluding carboxylic acids is 3. The predicted octanol–water partition coefficient (Wildman–Crippen LogP) is 15.8. The molecule has 0 aliphatic carbocycles. The van der Waals surface area contributed by atoms with E-state index in [4.69, 9.17) is 14.2 Å². The zero-order valence-electron chi connectivity index (χ0n) is 37.9. The van der Waals surface area contributed by atoms with Gasteiger partial charge in [-0.1, -0.05) is 198 Å². The number of carbonyl (C=O) groups is 3. The van der Waals surface area contributed by atoms with Gasteiger partial charge in [-0.15, -0.1) is 0 Å². The highest BCUT2D eigenvalue weighted by Gasteiger charge is 2.19. The van der Waals surface area contributed by atoms with E-state index in [2.05, 4.69) is 57.2 Å². The molecule has 57 heavy (non-hydrogen) atoms. The molecule has 0 bridgehead atoms. The number of ether oxygens (including phenoxy) is 3. The number of hydrogen-bond acceptors (Lipinski definition) is 6. The van der Waals surface area contributed by atoms with E-state index < -0.39 is 6.10 Å². The van der Waals surface area contributed by atoms with Crippen molar-refractivity contribution in [3.05, 3.63) is 36.5 Å². The van der Waals surface area contributed by atoms with Crippen LogP contribution >= 0.6 is 0 Å². The highest BCUT2D eigenvalue weighted by molar-refractivity contribution is 5.71. The molecule has 0 fully saturated rings. The quantitative estimate of drug-likeness (QED) is 0.0264. The van der Waals surface area contributed by atoms with Gasteiger partial charge in [0.1, 0.15) is 13.2 Å². The summed E-state index contributed by atoms with van der Waals surface area (Å²) in [5.74, 6) is -0.887. The molecule has 0 saturated heterocycles. The lowest BCUT2D eigenvalue weighted by atomic mass is 10.1. The van der Waals surface area contributed by atoms with Gasteiger partial charge in [-0.2, -0.15) is 0 Å². The van der Waals surface area contributed by atoms with Crippen molar-refractivity contribution in [2.75, 3.05) is 13.2 Å². The molecular weight excluding hydrogens is 709 g/mol. The molecule has 6 nitrogen and oxygen atoms in total. The molecular formula is C51H92O6.